The Labute approximate surface area is 138 Å². The van der Waals surface area contributed by atoms with E-state index >= 15 is 0 Å². The predicted molar refractivity (Wildman–Crippen MR) is 88.1 cm³/mol. The summed E-state index contributed by atoms with van der Waals surface area (Å²) in [5.41, 5.74) is 6.66. The number of fused-ring (bicyclic) bond motifs is 1. The monoisotopic (exact) mass is 339 g/mol. The summed E-state index contributed by atoms with van der Waals surface area (Å²) in [6, 6.07) is 5.37. The number of nitrogens with one attached hydrogen (secondary N) is 2. The molecular weight excluding hydrogens is 322 g/mol. The fraction of sp³-hybridized carbons (Fsp3) is 0.467. The van der Waals surface area contributed by atoms with Crippen molar-refractivity contribution in [3.8, 4) is 0 Å². The predicted octanol–water partition coefficient (Wildman–Crippen LogP) is 2.00. The standard InChI is InChI=1S/C15H18ClN3O2S/c16-9-3-4-12-11(5-9)19-15(21)13(22-12)6-14(20)18-7-10(17)8-1-2-8/h3-5,8,10,13H,1-2,6-7,17H2,(H,18,20)(H,19,21). The van der Waals surface area contributed by atoms with E-state index in [9.17, 15) is 9.59 Å². The zero-order valence-electron chi connectivity index (χ0n) is 12.0. The SMILES string of the molecule is NC(CNC(=O)CC1Sc2ccc(Cl)cc2NC1=O)C1CC1. The van der Waals surface area contributed by atoms with E-state index in [0.717, 1.165) is 17.7 Å². The number of hydrogen-bond acceptors (Lipinski definition) is 4. The maximum absolute atomic E-state index is 12.1. The summed E-state index contributed by atoms with van der Waals surface area (Å²) in [7, 11) is 0. The number of amides is 2. The third kappa shape index (κ3) is 3.74. The second kappa shape index (κ2) is 6.48. The van der Waals surface area contributed by atoms with Gasteiger partial charge in [-0.05, 0) is 37.0 Å². The molecule has 3 rings (SSSR count). The first-order chi connectivity index (χ1) is 10.5. The molecule has 1 aliphatic carbocycles. The molecule has 1 saturated carbocycles. The first-order valence-corrected chi connectivity index (χ1v) is 8.58. The van der Waals surface area contributed by atoms with Gasteiger partial charge in [0.25, 0.3) is 0 Å². The molecule has 1 fully saturated rings. The fourth-order valence-electron chi connectivity index (χ4n) is 2.42. The third-order valence-electron chi connectivity index (χ3n) is 3.89. The number of halogens is 1. The van der Waals surface area contributed by atoms with Gasteiger partial charge in [0.1, 0.15) is 0 Å². The molecule has 7 heteroatoms. The molecule has 118 valence electrons. The number of carbonyl (C=O) groups is 2. The van der Waals surface area contributed by atoms with Crippen LogP contribution in [0, 0.1) is 5.92 Å². The van der Waals surface area contributed by atoms with Gasteiger partial charge in [-0.2, -0.15) is 0 Å². The summed E-state index contributed by atoms with van der Waals surface area (Å²) in [5.74, 6) is 0.242. The molecule has 0 bridgehead atoms. The van der Waals surface area contributed by atoms with Crippen molar-refractivity contribution in [3.63, 3.8) is 0 Å². The van der Waals surface area contributed by atoms with Crippen LogP contribution in [-0.4, -0.2) is 29.7 Å². The van der Waals surface area contributed by atoms with E-state index in [4.69, 9.17) is 17.3 Å². The lowest BCUT2D eigenvalue weighted by molar-refractivity contribution is -0.124. The highest BCUT2D eigenvalue weighted by molar-refractivity contribution is 8.01. The highest BCUT2D eigenvalue weighted by atomic mass is 35.5. The van der Waals surface area contributed by atoms with E-state index in [1.54, 1.807) is 12.1 Å². The van der Waals surface area contributed by atoms with E-state index < -0.39 is 5.25 Å². The van der Waals surface area contributed by atoms with Gasteiger partial charge in [0.05, 0.1) is 10.9 Å². The fourth-order valence-corrected chi connectivity index (χ4v) is 3.68. The Balaban J connectivity index is 1.54. The van der Waals surface area contributed by atoms with Crippen molar-refractivity contribution >= 4 is 40.9 Å². The quantitative estimate of drug-likeness (QED) is 0.766. The van der Waals surface area contributed by atoms with Crippen LogP contribution in [0.4, 0.5) is 5.69 Å². The van der Waals surface area contributed by atoms with Gasteiger partial charge in [0, 0.05) is 28.9 Å². The summed E-state index contributed by atoms with van der Waals surface area (Å²) in [6.07, 6.45) is 2.45. The molecule has 5 nitrogen and oxygen atoms in total. The van der Waals surface area contributed by atoms with Crippen molar-refractivity contribution in [1.29, 1.82) is 0 Å². The van der Waals surface area contributed by atoms with Crippen LogP contribution in [-0.2, 0) is 9.59 Å². The van der Waals surface area contributed by atoms with Gasteiger partial charge >= 0.3 is 0 Å². The van der Waals surface area contributed by atoms with Gasteiger partial charge in [0.15, 0.2) is 0 Å². The summed E-state index contributed by atoms with van der Waals surface area (Å²) in [6.45, 7) is 0.481. The van der Waals surface area contributed by atoms with Gasteiger partial charge in [-0.25, -0.2) is 0 Å². The highest BCUT2D eigenvalue weighted by Gasteiger charge is 2.31. The minimum atomic E-state index is -0.425. The average molecular weight is 340 g/mol. The first kappa shape index (κ1) is 15.6. The maximum Gasteiger partial charge on any atom is 0.238 e. The van der Waals surface area contributed by atoms with Crippen LogP contribution >= 0.6 is 23.4 Å². The molecule has 0 aromatic heterocycles. The van der Waals surface area contributed by atoms with E-state index in [-0.39, 0.29) is 24.3 Å². The first-order valence-electron chi connectivity index (χ1n) is 7.32. The molecule has 22 heavy (non-hydrogen) atoms. The smallest absolute Gasteiger partial charge is 0.238 e. The highest BCUT2D eigenvalue weighted by Crippen LogP contribution is 2.38. The number of carbonyl (C=O) groups excluding carboxylic acids is 2. The Morgan fingerprint density at radius 2 is 2.27 bits per heavy atom. The van der Waals surface area contributed by atoms with E-state index in [1.165, 1.54) is 11.8 Å². The molecule has 2 amide bonds. The van der Waals surface area contributed by atoms with Gasteiger partial charge < -0.3 is 16.4 Å². The van der Waals surface area contributed by atoms with Gasteiger partial charge in [-0.3, -0.25) is 9.59 Å². The van der Waals surface area contributed by atoms with Gasteiger partial charge in [0.2, 0.25) is 11.8 Å². The zero-order valence-corrected chi connectivity index (χ0v) is 13.5. The van der Waals surface area contributed by atoms with E-state index in [1.807, 2.05) is 6.07 Å². The average Bonchev–Trinajstić information content (AvgIpc) is 3.30. The Hall–Kier alpha value is -1.24. The van der Waals surface area contributed by atoms with Crippen LogP contribution in [0.3, 0.4) is 0 Å². The molecule has 2 aliphatic rings. The van der Waals surface area contributed by atoms with Gasteiger partial charge in [-0.15, -0.1) is 11.8 Å². The van der Waals surface area contributed by atoms with Crippen molar-refractivity contribution in [1.82, 2.24) is 5.32 Å². The Bertz CT molecular complexity index is 606. The Morgan fingerprint density at radius 3 is 3.00 bits per heavy atom. The molecule has 2 unspecified atom stereocenters. The number of thioether (sulfide) groups is 1. The number of benzene rings is 1. The second-order valence-electron chi connectivity index (χ2n) is 5.75. The number of rotatable bonds is 5. The molecule has 4 N–H and O–H groups in total. The summed E-state index contributed by atoms with van der Waals surface area (Å²) < 4.78 is 0. The van der Waals surface area contributed by atoms with Crippen molar-refractivity contribution in [2.24, 2.45) is 11.7 Å². The minimum Gasteiger partial charge on any atom is -0.354 e. The van der Waals surface area contributed by atoms with Crippen LogP contribution in [0.2, 0.25) is 5.02 Å². The van der Waals surface area contributed by atoms with Crippen LogP contribution in [0.5, 0.6) is 0 Å². The normalized spacial score (nSPS) is 21.7. The Kier molecular flexibility index (Phi) is 4.61. The van der Waals surface area contributed by atoms with Crippen LogP contribution in [0.1, 0.15) is 19.3 Å². The molecule has 1 heterocycles. The topological polar surface area (TPSA) is 84.2 Å². The lowest BCUT2D eigenvalue weighted by atomic mass is 10.2. The van der Waals surface area contributed by atoms with Crippen molar-refractivity contribution < 1.29 is 9.59 Å². The third-order valence-corrected chi connectivity index (χ3v) is 5.40. The van der Waals surface area contributed by atoms with Crippen LogP contribution in [0.15, 0.2) is 23.1 Å². The maximum atomic E-state index is 12.1. The lowest BCUT2D eigenvalue weighted by Gasteiger charge is -2.24. The summed E-state index contributed by atoms with van der Waals surface area (Å²) in [4.78, 5) is 25.0. The molecule has 1 aliphatic heterocycles. The van der Waals surface area contributed by atoms with Crippen LogP contribution < -0.4 is 16.4 Å². The second-order valence-corrected chi connectivity index (χ2v) is 7.43. The van der Waals surface area contributed by atoms with Crippen molar-refractivity contribution in [3.05, 3.63) is 23.2 Å². The zero-order chi connectivity index (χ0) is 15.7. The van der Waals surface area contributed by atoms with E-state index in [0.29, 0.717) is 23.2 Å². The molecule has 0 saturated heterocycles. The number of nitrogens with two attached hydrogens (primary N) is 1. The molecule has 2 atom stereocenters. The molecule has 0 radical (unpaired) electrons. The summed E-state index contributed by atoms with van der Waals surface area (Å²) >= 11 is 7.30. The molecular formula is C15H18ClN3O2S. The van der Waals surface area contributed by atoms with E-state index in [2.05, 4.69) is 10.6 Å². The van der Waals surface area contributed by atoms with Crippen LogP contribution in [0.25, 0.3) is 0 Å². The molecule has 1 aromatic rings. The largest absolute Gasteiger partial charge is 0.354 e. The van der Waals surface area contributed by atoms with Crippen molar-refractivity contribution in [2.75, 3.05) is 11.9 Å². The number of anilines is 1. The molecule has 1 aromatic carbocycles. The molecule has 0 spiro atoms. The minimum absolute atomic E-state index is 0.0275. The lowest BCUT2D eigenvalue weighted by Crippen LogP contribution is -2.41. The van der Waals surface area contributed by atoms with Gasteiger partial charge in [-0.1, -0.05) is 11.6 Å². The summed E-state index contributed by atoms with van der Waals surface area (Å²) in [5, 5.41) is 5.78. The van der Waals surface area contributed by atoms with Crippen molar-refractivity contribution in [2.45, 2.75) is 35.4 Å². The number of hydrogen-bond donors (Lipinski definition) is 3. The Morgan fingerprint density at radius 1 is 1.50 bits per heavy atom.